The smallest absolute Gasteiger partial charge is 0.407 e. The molecule has 7 rings (SSSR count). The number of aromatic amines is 2. The van der Waals surface area contributed by atoms with Gasteiger partial charge in [-0.1, -0.05) is 87.8 Å². The zero-order valence-corrected chi connectivity index (χ0v) is 33.1. The maximum atomic E-state index is 13.7. The third kappa shape index (κ3) is 8.45. The van der Waals surface area contributed by atoms with Gasteiger partial charge in [0.05, 0.1) is 31.1 Å². The Kier molecular flexibility index (Phi) is 11.6. The molecule has 0 radical (unpaired) electrons. The third-order valence-electron chi connectivity index (χ3n) is 11.4. The summed E-state index contributed by atoms with van der Waals surface area (Å²) in [5.41, 5.74) is 5.53. The SMILES string of the molecule is COC(=O)N[C@H](C(=O)N1C[C@@H](C)C[C@H]1c1ncc(-c2ccc(-c3ccc(-c4nc([C@@H]5C[C@H](C)CN5C(=O)CC5CCOCC5)[nH]c4Cl)cc3)cc2)[nH]1)C(C)C. The van der Waals surface area contributed by atoms with Gasteiger partial charge in [0.15, 0.2) is 0 Å². The Bertz CT molecular complexity index is 1970. The van der Waals surface area contributed by atoms with Crippen molar-refractivity contribution in [3.05, 3.63) is 71.5 Å². The number of nitrogens with zero attached hydrogens (tertiary/aromatic N) is 4. The highest BCUT2D eigenvalue weighted by molar-refractivity contribution is 6.31. The molecule has 0 aliphatic carbocycles. The van der Waals surface area contributed by atoms with Crippen LogP contribution in [0.15, 0.2) is 54.7 Å². The summed E-state index contributed by atoms with van der Waals surface area (Å²) in [6, 6.07) is 15.4. The molecule has 3 saturated heterocycles. The number of nitrogens with one attached hydrogen (secondary N) is 3. The van der Waals surface area contributed by atoms with E-state index in [4.69, 9.17) is 31.0 Å². The standard InChI is InChI=1S/C42H52ClN7O5/c1-24(2)36(47-42(53)54-5)41(52)50-23-26(4)18-33(50)39-44-21-32(45-39)30-10-6-28(7-11-30)29-8-12-31(13-9-29)37-38(43)48-40(46-37)34-19-25(3)22-49(34)35(51)20-27-14-16-55-17-15-27/h6-13,21,24-27,33-34,36H,14-20,22-23H2,1-5H3,(H,44,45)(H,46,48)(H,47,53)/t25-,26-,33-,34-,36-/m0/s1. The number of alkyl carbamates (subject to hydrolysis) is 1. The Morgan fingerprint density at radius 1 is 0.873 bits per heavy atom. The van der Waals surface area contributed by atoms with E-state index in [0.717, 1.165) is 85.0 Å². The second kappa shape index (κ2) is 16.6. The second-order valence-electron chi connectivity index (χ2n) is 16.0. The Morgan fingerprint density at radius 3 is 2.07 bits per heavy atom. The van der Waals surface area contributed by atoms with Crippen LogP contribution in [0.25, 0.3) is 33.6 Å². The van der Waals surface area contributed by atoms with Crippen molar-refractivity contribution in [1.82, 2.24) is 35.1 Å². The van der Waals surface area contributed by atoms with Crippen LogP contribution in [0, 0.1) is 23.7 Å². The maximum Gasteiger partial charge on any atom is 0.407 e. The predicted molar refractivity (Wildman–Crippen MR) is 211 cm³/mol. The summed E-state index contributed by atoms with van der Waals surface area (Å²) in [5.74, 6) is 2.45. The zero-order chi connectivity index (χ0) is 38.8. The number of methoxy groups -OCH3 is 1. The lowest BCUT2D eigenvalue weighted by molar-refractivity contribution is -0.136. The minimum absolute atomic E-state index is 0.108. The number of H-pyrrole nitrogens is 2. The van der Waals surface area contributed by atoms with Crippen LogP contribution >= 0.6 is 11.6 Å². The lowest BCUT2D eigenvalue weighted by Crippen LogP contribution is -2.51. The van der Waals surface area contributed by atoms with Crippen LogP contribution in [0.5, 0.6) is 0 Å². The molecular formula is C42H52ClN7O5. The van der Waals surface area contributed by atoms with Crippen molar-refractivity contribution >= 4 is 29.5 Å². The van der Waals surface area contributed by atoms with Crippen LogP contribution in [-0.2, 0) is 19.1 Å². The Labute approximate surface area is 327 Å². The first-order valence-corrected chi connectivity index (χ1v) is 19.9. The van der Waals surface area contributed by atoms with Crippen molar-refractivity contribution in [2.75, 3.05) is 33.4 Å². The largest absolute Gasteiger partial charge is 0.453 e. The Hall–Kier alpha value is -4.68. The fraction of sp³-hybridized carbons (Fsp3) is 0.500. The first kappa shape index (κ1) is 38.6. The third-order valence-corrected chi connectivity index (χ3v) is 11.7. The quantitative estimate of drug-likeness (QED) is 0.149. The molecule has 2 aromatic carbocycles. The van der Waals surface area contributed by atoms with E-state index in [1.165, 1.54) is 7.11 Å². The summed E-state index contributed by atoms with van der Waals surface area (Å²) < 4.78 is 10.3. The van der Waals surface area contributed by atoms with Crippen LogP contribution in [0.1, 0.15) is 83.5 Å². The molecule has 5 atom stereocenters. The van der Waals surface area contributed by atoms with Crippen molar-refractivity contribution in [3.8, 4) is 33.6 Å². The molecule has 3 fully saturated rings. The number of hydrogen-bond acceptors (Lipinski definition) is 7. The molecule has 55 heavy (non-hydrogen) atoms. The lowest BCUT2D eigenvalue weighted by atomic mass is 9.96. The van der Waals surface area contributed by atoms with Gasteiger partial charge in [-0.2, -0.15) is 0 Å². The highest BCUT2D eigenvalue weighted by atomic mass is 35.5. The number of hydrogen-bond donors (Lipinski definition) is 3. The average Bonchev–Trinajstić information content (AvgIpc) is 4.00. The number of aromatic nitrogens is 4. The van der Waals surface area contributed by atoms with Gasteiger partial charge < -0.3 is 34.6 Å². The summed E-state index contributed by atoms with van der Waals surface area (Å²) in [4.78, 5) is 59.4. The molecule has 0 unspecified atom stereocenters. The number of ether oxygens (including phenoxy) is 2. The molecule has 0 spiro atoms. The number of imidazole rings is 2. The minimum atomic E-state index is -0.693. The molecule has 3 N–H and O–H groups in total. The van der Waals surface area contributed by atoms with Crippen LogP contribution in [0.2, 0.25) is 5.15 Å². The van der Waals surface area contributed by atoms with Gasteiger partial charge in [0.2, 0.25) is 11.8 Å². The normalized spacial score (nSPS) is 22.3. The molecule has 3 aliphatic heterocycles. The van der Waals surface area contributed by atoms with Crippen LogP contribution < -0.4 is 5.32 Å². The zero-order valence-electron chi connectivity index (χ0n) is 32.3. The van der Waals surface area contributed by atoms with E-state index in [2.05, 4.69) is 65.5 Å². The molecule has 3 amide bonds. The van der Waals surface area contributed by atoms with E-state index in [1.807, 2.05) is 42.0 Å². The molecule has 5 heterocycles. The van der Waals surface area contributed by atoms with Gasteiger partial charge in [0.25, 0.3) is 0 Å². The molecular weight excluding hydrogens is 718 g/mol. The second-order valence-corrected chi connectivity index (χ2v) is 16.4. The summed E-state index contributed by atoms with van der Waals surface area (Å²) in [6.07, 6.45) is 5.24. The van der Waals surface area contributed by atoms with Crippen LogP contribution in [-0.4, -0.2) is 87.1 Å². The summed E-state index contributed by atoms with van der Waals surface area (Å²) in [6.45, 7) is 10.9. The number of halogens is 1. The first-order valence-electron chi connectivity index (χ1n) is 19.5. The van der Waals surface area contributed by atoms with E-state index < -0.39 is 12.1 Å². The number of likely N-dealkylation sites (tertiary alicyclic amines) is 2. The van der Waals surface area contributed by atoms with Crippen LogP contribution in [0.4, 0.5) is 4.79 Å². The van der Waals surface area contributed by atoms with Gasteiger partial charge in [-0.05, 0) is 66.0 Å². The van der Waals surface area contributed by atoms with Crippen molar-refractivity contribution in [1.29, 1.82) is 0 Å². The van der Waals surface area contributed by atoms with Crippen molar-refractivity contribution in [3.63, 3.8) is 0 Å². The van der Waals surface area contributed by atoms with Crippen molar-refractivity contribution in [2.45, 2.75) is 77.9 Å². The van der Waals surface area contributed by atoms with E-state index in [1.54, 1.807) is 0 Å². The number of benzene rings is 2. The van der Waals surface area contributed by atoms with Gasteiger partial charge in [-0.15, -0.1) is 0 Å². The topological polar surface area (TPSA) is 146 Å². The van der Waals surface area contributed by atoms with E-state index >= 15 is 0 Å². The molecule has 0 saturated carbocycles. The average molecular weight is 770 g/mol. The molecule has 2 aromatic heterocycles. The number of rotatable bonds is 10. The molecule has 13 heteroatoms. The predicted octanol–water partition coefficient (Wildman–Crippen LogP) is 7.80. The summed E-state index contributed by atoms with van der Waals surface area (Å²) in [5, 5.41) is 3.18. The van der Waals surface area contributed by atoms with Gasteiger partial charge >= 0.3 is 6.09 Å². The van der Waals surface area contributed by atoms with Crippen molar-refractivity contribution in [2.24, 2.45) is 23.7 Å². The Balaban J connectivity index is 1.02. The summed E-state index contributed by atoms with van der Waals surface area (Å²) >= 11 is 6.75. The Morgan fingerprint density at radius 2 is 1.45 bits per heavy atom. The first-order chi connectivity index (χ1) is 26.5. The number of carbonyl (C=O) groups is 3. The highest BCUT2D eigenvalue weighted by Gasteiger charge is 2.40. The van der Waals surface area contributed by atoms with Crippen molar-refractivity contribution < 1.29 is 23.9 Å². The fourth-order valence-corrected chi connectivity index (χ4v) is 8.60. The number of amides is 3. The molecule has 3 aliphatic rings. The van der Waals surface area contributed by atoms with Crippen LogP contribution in [0.3, 0.4) is 0 Å². The highest BCUT2D eigenvalue weighted by Crippen LogP contribution is 2.39. The van der Waals surface area contributed by atoms with Gasteiger partial charge in [0, 0.05) is 38.3 Å². The fourth-order valence-electron chi connectivity index (χ4n) is 8.36. The van der Waals surface area contributed by atoms with Gasteiger partial charge in [-0.3, -0.25) is 9.59 Å². The van der Waals surface area contributed by atoms with E-state index in [0.29, 0.717) is 35.6 Å². The van der Waals surface area contributed by atoms with Gasteiger partial charge in [-0.25, -0.2) is 14.8 Å². The molecule has 12 nitrogen and oxygen atoms in total. The molecule has 4 aromatic rings. The van der Waals surface area contributed by atoms with Gasteiger partial charge in [0.1, 0.15) is 28.5 Å². The monoisotopic (exact) mass is 769 g/mol. The minimum Gasteiger partial charge on any atom is -0.453 e. The molecule has 0 bridgehead atoms. The van der Waals surface area contributed by atoms with E-state index in [9.17, 15) is 14.4 Å². The number of carbonyl (C=O) groups excluding carboxylic acids is 3. The lowest BCUT2D eigenvalue weighted by Gasteiger charge is -2.30. The maximum absolute atomic E-state index is 13.7. The molecule has 292 valence electrons. The van der Waals surface area contributed by atoms with E-state index in [-0.39, 0.29) is 35.7 Å². The summed E-state index contributed by atoms with van der Waals surface area (Å²) in [7, 11) is 1.30.